The van der Waals surface area contributed by atoms with Gasteiger partial charge in [-0.1, -0.05) is 0 Å². The minimum absolute atomic E-state index is 1.44. The highest BCUT2D eigenvalue weighted by molar-refractivity contribution is 6.41. The van der Waals surface area contributed by atoms with Gasteiger partial charge in [0.1, 0.15) is 0 Å². The molecule has 2 atom stereocenters. The molecule has 0 spiro atoms. The van der Waals surface area contributed by atoms with E-state index >= 15 is 0 Å². The van der Waals surface area contributed by atoms with Gasteiger partial charge in [-0.2, -0.15) is 0 Å². The predicted molar refractivity (Wildman–Crippen MR) is 34.6 cm³/mol. The van der Waals surface area contributed by atoms with Crippen LogP contribution in [0.4, 0.5) is 0 Å². The summed E-state index contributed by atoms with van der Waals surface area (Å²) in [7, 11) is 0. The summed E-state index contributed by atoms with van der Waals surface area (Å²) < 4.78 is 0. The fourth-order valence-corrected chi connectivity index (χ4v) is 0.466. The largest absolute Gasteiger partial charge is 0.480 e. The highest BCUT2D eigenvalue weighted by Gasteiger charge is 2.29. The second kappa shape index (κ2) is 3.63. The maximum absolute atomic E-state index is 9.97. The summed E-state index contributed by atoms with van der Waals surface area (Å²) in [4.78, 5) is 19.9. The first-order valence-electron chi connectivity index (χ1n) is 2.20. The van der Waals surface area contributed by atoms with Crippen LogP contribution in [0.1, 0.15) is 0 Å². The lowest BCUT2D eigenvalue weighted by Crippen LogP contribution is -2.31. The number of carboxylic acid groups (broad SMARTS) is 2. The van der Waals surface area contributed by atoms with Crippen molar-refractivity contribution in [1.82, 2.24) is 0 Å². The molecule has 0 aliphatic rings. The summed E-state index contributed by atoms with van der Waals surface area (Å²) in [6.45, 7) is 0. The van der Waals surface area contributed by atoms with E-state index in [9.17, 15) is 9.59 Å². The van der Waals surface area contributed by atoms with Crippen molar-refractivity contribution in [3.63, 3.8) is 0 Å². The fraction of sp³-hybridized carbons (Fsp3) is 0.500. The Labute approximate surface area is 66.4 Å². The van der Waals surface area contributed by atoms with Gasteiger partial charge in [-0.15, -0.1) is 23.2 Å². The number of alkyl halides is 2. The lowest BCUT2D eigenvalue weighted by molar-refractivity contribution is -0.142. The molecule has 2 N–H and O–H groups in total. The molecule has 0 aromatic heterocycles. The number of rotatable bonds is 3. The van der Waals surface area contributed by atoms with Gasteiger partial charge < -0.3 is 10.2 Å². The topological polar surface area (TPSA) is 74.6 Å². The standard InChI is InChI=1S/C4H4Cl2O4/c5-1(3(7)8)2(6)4(9)10/h1-2H,(H,7,8)(H,9,10)/t1-,2-/m0/s1. The molecule has 0 rings (SSSR count). The van der Waals surface area contributed by atoms with E-state index in [0.29, 0.717) is 0 Å². The van der Waals surface area contributed by atoms with Gasteiger partial charge in [-0.3, -0.25) is 9.59 Å². The van der Waals surface area contributed by atoms with Crippen LogP contribution in [0.2, 0.25) is 0 Å². The number of hydrogen-bond acceptors (Lipinski definition) is 2. The maximum Gasteiger partial charge on any atom is 0.323 e. The van der Waals surface area contributed by atoms with E-state index in [2.05, 4.69) is 0 Å². The van der Waals surface area contributed by atoms with Crippen LogP contribution < -0.4 is 0 Å². The molecule has 0 bridgehead atoms. The smallest absolute Gasteiger partial charge is 0.323 e. The Morgan fingerprint density at radius 2 is 1.20 bits per heavy atom. The Bertz CT molecular complexity index is 139. The molecule has 0 fully saturated rings. The zero-order chi connectivity index (χ0) is 8.31. The van der Waals surface area contributed by atoms with Crippen LogP contribution in [0.5, 0.6) is 0 Å². The van der Waals surface area contributed by atoms with Crippen molar-refractivity contribution in [2.75, 3.05) is 0 Å². The zero-order valence-corrected chi connectivity index (χ0v) is 6.13. The minimum atomic E-state index is -1.58. The summed E-state index contributed by atoms with van der Waals surface area (Å²) >= 11 is 10.1. The van der Waals surface area contributed by atoms with Crippen molar-refractivity contribution < 1.29 is 19.8 Å². The van der Waals surface area contributed by atoms with E-state index in [1.165, 1.54) is 0 Å². The van der Waals surface area contributed by atoms with Crippen molar-refractivity contribution in [3.05, 3.63) is 0 Å². The first-order valence-corrected chi connectivity index (χ1v) is 3.08. The number of carboxylic acids is 2. The summed E-state index contributed by atoms with van der Waals surface area (Å²) in [5.41, 5.74) is 0. The zero-order valence-electron chi connectivity index (χ0n) is 4.62. The van der Waals surface area contributed by atoms with Crippen molar-refractivity contribution in [2.24, 2.45) is 0 Å². The third-order valence-corrected chi connectivity index (χ3v) is 1.74. The number of hydrogen-bond donors (Lipinski definition) is 2. The first kappa shape index (κ1) is 9.52. The van der Waals surface area contributed by atoms with Crippen LogP contribution in [0.25, 0.3) is 0 Å². The fourth-order valence-electron chi connectivity index (χ4n) is 0.250. The molecule has 0 radical (unpaired) electrons. The average molecular weight is 187 g/mol. The molecule has 0 unspecified atom stereocenters. The summed E-state index contributed by atoms with van der Waals surface area (Å²) in [6.07, 6.45) is 0. The Morgan fingerprint density at radius 1 is 1.00 bits per heavy atom. The molecule has 6 heteroatoms. The Balaban J connectivity index is 4.07. The molecule has 0 saturated carbocycles. The molecule has 0 saturated heterocycles. The molecule has 0 heterocycles. The summed E-state index contributed by atoms with van der Waals surface area (Å²) in [6, 6.07) is 0. The van der Waals surface area contributed by atoms with Gasteiger partial charge in [-0.05, 0) is 0 Å². The van der Waals surface area contributed by atoms with Crippen LogP contribution in [-0.4, -0.2) is 32.9 Å². The third-order valence-electron chi connectivity index (χ3n) is 0.729. The van der Waals surface area contributed by atoms with Crippen LogP contribution >= 0.6 is 23.2 Å². The Hall–Kier alpha value is -0.480. The van der Waals surface area contributed by atoms with Crippen LogP contribution in [-0.2, 0) is 9.59 Å². The lowest BCUT2D eigenvalue weighted by atomic mass is 10.3. The van der Waals surface area contributed by atoms with Crippen molar-refractivity contribution >= 4 is 35.1 Å². The molecule has 4 nitrogen and oxygen atoms in total. The van der Waals surface area contributed by atoms with Gasteiger partial charge in [0.2, 0.25) is 0 Å². The SMILES string of the molecule is O=C(O)[C@@H](Cl)[C@H](Cl)C(=O)O. The number of halogens is 2. The van der Waals surface area contributed by atoms with Crippen molar-refractivity contribution in [2.45, 2.75) is 10.8 Å². The molecule has 0 aromatic rings. The molecule has 0 aliphatic carbocycles. The second-order valence-corrected chi connectivity index (χ2v) is 2.42. The van der Waals surface area contributed by atoms with Crippen LogP contribution in [0.3, 0.4) is 0 Å². The average Bonchev–Trinajstić information content (AvgIpc) is 1.84. The first-order chi connectivity index (χ1) is 4.46. The van der Waals surface area contributed by atoms with E-state index in [4.69, 9.17) is 33.4 Å². The van der Waals surface area contributed by atoms with Crippen LogP contribution in [0, 0.1) is 0 Å². The minimum Gasteiger partial charge on any atom is -0.480 e. The van der Waals surface area contributed by atoms with Crippen LogP contribution in [0.15, 0.2) is 0 Å². The van der Waals surface area contributed by atoms with Gasteiger partial charge in [0.15, 0.2) is 10.8 Å². The van der Waals surface area contributed by atoms with Crippen molar-refractivity contribution in [1.29, 1.82) is 0 Å². The van der Waals surface area contributed by atoms with E-state index in [1.54, 1.807) is 0 Å². The van der Waals surface area contributed by atoms with Gasteiger partial charge in [0.25, 0.3) is 0 Å². The van der Waals surface area contributed by atoms with E-state index in [0.717, 1.165) is 0 Å². The third kappa shape index (κ3) is 2.41. The molecular formula is C4H4Cl2O4. The predicted octanol–water partition coefficient (Wildman–Crippen LogP) is 0.370. The van der Waals surface area contributed by atoms with E-state index < -0.39 is 22.7 Å². The second-order valence-electron chi connectivity index (χ2n) is 1.48. The monoisotopic (exact) mass is 186 g/mol. The summed E-state index contributed by atoms with van der Waals surface area (Å²) in [5, 5.41) is 13.1. The number of carbonyl (C=O) groups is 2. The lowest BCUT2D eigenvalue weighted by Gasteiger charge is -2.05. The Kier molecular flexibility index (Phi) is 3.46. The molecular weight excluding hydrogens is 183 g/mol. The summed E-state index contributed by atoms with van der Waals surface area (Å²) in [5.74, 6) is -2.88. The van der Waals surface area contributed by atoms with Gasteiger partial charge in [0, 0.05) is 0 Å². The molecule has 0 amide bonds. The Morgan fingerprint density at radius 3 is 1.30 bits per heavy atom. The highest BCUT2D eigenvalue weighted by atomic mass is 35.5. The highest BCUT2D eigenvalue weighted by Crippen LogP contribution is 2.09. The normalized spacial score (nSPS) is 15.8. The van der Waals surface area contributed by atoms with E-state index in [-0.39, 0.29) is 0 Å². The number of aliphatic carboxylic acids is 2. The van der Waals surface area contributed by atoms with Crippen molar-refractivity contribution in [3.8, 4) is 0 Å². The molecule has 10 heavy (non-hydrogen) atoms. The molecule has 0 aromatic carbocycles. The van der Waals surface area contributed by atoms with Gasteiger partial charge in [-0.25, -0.2) is 0 Å². The quantitative estimate of drug-likeness (QED) is 0.625. The maximum atomic E-state index is 9.97. The molecule has 58 valence electrons. The van der Waals surface area contributed by atoms with Gasteiger partial charge >= 0.3 is 11.9 Å². The van der Waals surface area contributed by atoms with E-state index in [1.807, 2.05) is 0 Å². The van der Waals surface area contributed by atoms with Gasteiger partial charge in [0.05, 0.1) is 0 Å². The molecule has 0 aliphatic heterocycles.